The van der Waals surface area contributed by atoms with Gasteiger partial charge in [-0.25, -0.2) is 0 Å². The number of aryl methyl sites for hydroxylation is 1. The highest BCUT2D eigenvalue weighted by Gasteiger charge is 2.37. The number of hydrogen-bond acceptors (Lipinski definition) is 2. The molecule has 0 aliphatic carbocycles. The molecular formula is C20H31NO2. The van der Waals surface area contributed by atoms with E-state index in [-0.39, 0.29) is 5.91 Å². The van der Waals surface area contributed by atoms with Crippen LogP contribution in [0.2, 0.25) is 0 Å². The van der Waals surface area contributed by atoms with Crippen molar-refractivity contribution in [2.45, 2.75) is 65.4 Å². The Hall–Kier alpha value is -1.35. The molecule has 23 heavy (non-hydrogen) atoms. The first-order valence-electron chi connectivity index (χ1n) is 8.89. The van der Waals surface area contributed by atoms with Crippen LogP contribution in [0.4, 0.5) is 0 Å². The Labute approximate surface area is 140 Å². The molecule has 0 saturated carbocycles. The Morgan fingerprint density at radius 3 is 2.57 bits per heavy atom. The van der Waals surface area contributed by atoms with Gasteiger partial charge >= 0.3 is 0 Å². The highest BCUT2D eigenvalue weighted by Crippen LogP contribution is 2.37. The van der Waals surface area contributed by atoms with Crippen LogP contribution in [-0.4, -0.2) is 34.6 Å². The SMILES string of the molecule is CCC1(CC)CCN(C(=O)c2cccc(CCC(C)(C)O)c2)C1. The smallest absolute Gasteiger partial charge is 0.253 e. The van der Waals surface area contributed by atoms with Crippen LogP contribution >= 0.6 is 0 Å². The summed E-state index contributed by atoms with van der Waals surface area (Å²) >= 11 is 0. The number of amides is 1. The van der Waals surface area contributed by atoms with Gasteiger partial charge in [-0.05, 0) is 69.1 Å². The summed E-state index contributed by atoms with van der Waals surface area (Å²) in [6.07, 6.45) is 4.88. The van der Waals surface area contributed by atoms with Crippen molar-refractivity contribution in [3.63, 3.8) is 0 Å². The summed E-state index contributed by atoms with van der Waals surface area (Å²) in [6, 6.07) is 7.89. The molecule has 1 amide bonds. The highest BCUT2D eigenvalue weighted by molar-refractivity contribution is 5.94. The zero-order valence-electron chi connectivity index (χ0n) is 15.1. The first-order chi connectivity index (χ1) is 10.8. The normalized spacial score (nSPS) is 17.5. The van der Waals surface area contributed by atoms with Gasteiger partial charge in [0.1, 0.15) is 0 Å². The van der Waals surface area contributed by atoms with Crippen LogP contribution in [0.25, 0.3) is 0 Å². The van der Waals surface area contributed by atoms with E-state index in [1.807, 2.05) is 43.0 Å². The first kappa shape index (κ1) is 18.0. The van der Waals surface area contributed by atoms with E-state index in [0.29, 0.717) is 11.8 Å². The van der Waals surface area contributed by atoms with Gasteiger partial charge in [-0.1, -0.05) is 26.0 Å². The maximum absolute atomic E-state index is 12.8. The van der Waals surface area contributed by atoms with E-state index in [1.54, 1.807) is 0 Å². The molecule has 0 radical (unpaired) electrons. The molecule has 1 aliphatic heterocycles. The third kappa shape index (κ3) is 4.57. The molecule has 1 fully saturated rings. The average molecular weight is 317 g/mol. The molecule has 1 aliphatic rings. The van der Waals surface area contributed by atoms with Crippen LogP contribution in [0.1, 0.15) is 69.3 Å². The minimum Gasteiger partial charge on any atom is -0.390 e. The fourth-order valence-electron chi connectivity index (χ4n) is 3.43. The lowest BCUT2D eigenvalue weighted by Crippen LogP contribution is -2.31. The first-order valence-corrected chi connectivity index (χ1v) is 8.89. The number of carbonyl (C=O) groups excluding carboxylic acids is 1. The van der Waals surface area contributed by atoms with E-state index in [2.05, 4.69) is 13.8 Å². The topological polar surface area (TPSA) is 40.5 Å². The van der Waals surface area contributed by atoms with Crippen molar-refractivity contribution in [2.24, 2.45) is 5.41 Å². The monoisotopic (exact) mass is 317 g/mol. The summed E-state index contributed by atoms with van der Waals surface area (Å²) in [5.41, 5.74) is 1.54. The Bertz CT molecular complexity index is 541. The van der Waals surface area contributed by atoms with Crippen LogP contribution in [0.5, 0.6) is 0 Å². The number of carbonyl (C=O) groups is 1. The van der Waals surface area contributed by atoms with Crippen molar-refractivity contribution >= 4 is 5.91 Å². The third-order valence-electron chi connectivity index (χ3n) is 5.42. The molecule has 0 spiro atoms. The molecule has 3 nitrogen and oxygen atoms in total. The second-order valence-electron chi connectivity index (χ2n) is 7.70. The number of hydrogen-bond donors (Lipinski definition) is 1. The number of likely N-dealkylation sites (tertiary alicyclic amines) is 1. The zero-order valence-corrected chi connectivity index (χ0v) is 15.1. The van der Waals surface area contributed by atoms with E-state index >= 15 is 0 Å². The Kier molecular flexibility index (Phi) is 5.51. The van der Waals surface area contributed by atoms with Crippen LogP contribution in [0.15, 0.2) is 24.3 Å². The Morgan fingerprint density at radius 1 is 1.30 bits per heavy atom. The van der Waals surface area contributed by atoms with Gasteiger partial charge in [0.2, 0.25) is 0 Å². The summed E-state index contributed by atoms with van der Waals surface area (Å²) in [4.78, 5) is 14.8. The molecular weight excluding hydrogens is 286 g/mol. The van der Waals surface area contributed by atoms with Crippen molar-refractivity contribution in [1.82, 2.24) is 4.90 Å². The number of rotatable bonds is 6. The molecule has 128 valence electrons. The van der Waals surface area contributed by atoms with Crippen LogP contribution in [-0.2, 0) is 6.42 Å². The second-order valence-corrected chi connectivity index (χ2v) is 7.70. The average Bonchev–Trinajstić information content (AvgIpc) is 2.97. The van der Waals surface area contributed by atoms with E-state index in [9.17, 15) is 9.90 Å². The number of benzene rings is 1. The van der Waals surface area contributed by atoms with E-state index in [0.717, 1.165) is 49.9 Å². The zero-order chi connectivity index (χ0) is 17.1. The number of nitrogens with zero attached hydrogens (tertiary/aromatic N) is 1. The molecule has 0 unspecified atom stereocenters. The van der Waals surface area contributed by atoms with Gasteiger partial charge < -0.3 is 10.0 Å². The van der Waals surface area contributed by atoms with Gasteiger partial charge in [0.05, 0.1) is 5.60 Å². The maximum atomic E-state index is 12.8. The van der Waals surface area contributed by atoms with Crippen LogP contribution in [0.3, 0.4) is 0 Å². The van der Waals surface area contributed by atoms with E-state index in [1.165, 1.54) is 0 Å². The second kappa shape index (κ2) is 7.04. The molecule has 0 aromatic heterocycles. The largest absolute Gasteiger partial charge is 0.390 e. The fraction of sp³-hybridized carbons (Fsp3) is 0.650. The van der Waals surface area contributed by atoms with Gasteiger partial charge in [0, 0.05) is 18.7 Å². The van der Waals surface area contributed by atoms with Crippen LogP contribution in [0, 0.1) is 5.41 Å². The standard InChI is InChI=1S/C20H31NO2/c1-5-20(6-2)12-13-21(15-20)18(22)17-9-7-8-16(14-17)10-11-19(3,4)23/h7-9,14,23H,5-6,10-13,15H2,1-4H3. The molecule has 2 rings (SSSR count). The van der Waals surface area contributed by atoms with E-state index in [4.69, 9.17) is 0 Å². The minimum atomic E-state index is -0.670. The Balaban J connectivity index is 2.06. The summed E-state index contributed by atoms with van der Waals surface area (Å²) in [6.45, 7) is 9.85. The Morgan fingerprint density at radius 2 is 2.00 bits per heavy atom. The fourth-order valence-corrected chi connectivity index (χ4v) is 3.43. The molecule has 0 bridgehead atoms. The molecule has 3 heteroatoms. The summed E-state index contributed by atoms with van der Waals surface area (Å²) in [7, 11) is 0. The van der Waals surface area contributed by atoms with Gasteiger partial charge in [-0.15, -0.1) is 0 Å². The van der Waals surface area contributed by atoms with Gasteiger partial charge in [-0.2, -0.15) is 0 Å². The van der Waals surface area contributed by atoms with Gasteiger partial charge in [0.15, 0.2) is 0 Å². The predicted octanol–water partition coefficient (Wildman–Crippen LogP) is 4.04. The van der Waals surface area contributed by atoms with Crippen molar-refractivity contribution in [1.29, 1.82) is 0 Å². The highest BCUT2D eigenvalue weighted by atomic mass is 16.3. The quantitative estimate of drug-likeness (QED) is 0.860. The summed E-state index contributed by atoms with van der Waals surface area (Å²) in [5, 5.41) is 9.87. The lowest BCUT2D eigenvalue weighted by molar-refractivity contribution is 0.0714. The lowest BCUT2D eigenvalue weighted by atomic mass is 9.82. The molecule has 1 N–H and O–H groups in total. The molecule has 1 aromatic carbocycles. The van der Waals surface area contributed by atoms with Crippen molar-refractivity contribution < 1.29 is 9.90 Å². The predicted molar refractivity (Wildman–Crippen MR) is 94.6 cm³/mol. The van der Waals surface area contributed by atoms with Gasteiger partial charge in [0.25, 0.3) is 5.91 Å². The number of aliphatic hydroxyl groups is 1. The van der Waals surface area contributed by atoms with E-state index < -0.39 is 5.60 Å². The van der Waals surface area contributed by atoms with Crippen molar-refractivity contribution in [3.05, 3.63) is 35.4 Å². The molecule has 0 atom stereocenters. The lowest BCUT2D eigenvalue weighted by Gasteiger charge is -2.26. The summed E-state index contributed by atoms with van der Waals surface area (Å²) < 4.78 is 0. The van der Waals surface area contributed by atoms with Crippen LogP contribution < -0.4 is 0 Å². The van der Waals surface area contributed by atoms with Crippen molar-refractivity contribution in [2.75, 3.05) is 13.1 Å². The molecule has 1 heterocycles. The van der Waals surface area contributed by atoms with Crippen molar-refractivity contribution in [3.8, 4) is 0 Å². The third-order valence-corrected chi connectivity index (χ3v) is 5.42. The maximum Gasteiger partial charge on any atom is 0.253 e. The molecule has 1 saturated heterocycles. The minimum absolute atomic E-state index is 0.152. The van der Waals surface area contributed by atoms with Gasteiger partial charge in [-0.3, -0.25) is 4.79 Å². The molecule has 1 aromatic rings. The summed E-state index contributed by atoms with van der Waals surface area (Å²) in [5.74, 6) is 0.152.